The lowest BCUT2D eigenvalue weighted by Gasteiger charge is -2.42. The van der Waals surface area contributed by atoms with Crippen LogP contribution in [0.5, 0.6) is 0 Å². The molecule has 2 amide bonds. The molecule has 110 valence electrons. The van der Waals surface area contributed by atoms with Crippen molar-refractivity contribution in [3.63, 3.8) is 0 Å². The van der Waals surface area contributed by atoms with Crippen molar-refractivity contribution in [3.05, 3.63) is 0 Å². The molecule has 1 atom stereocenters. The minimum absolute atomic E-state index is 0.0595. The van der Waals surface area contributed by atoms with E-state index < -0.39 is 5.97 Å². The van der Waals surface area contributed by atoms with Gasteiger partial charge in [0.1, 0.15) is 0 Å². The minimum atomic E-state index is -0.894. The Labute approximate surface area is 115 Å². The molecule has 0 aromatic rings. The third-order valence-electron chi connectivity index (χ3n) is 4.10. The first-order valence-corrected chi connectivity index (χ1v) is 6.99. The molecule has 0 spiro atoms. The van der Waals surface area contributed by atoms with Gasteiger partial charge in [-0.15, -0.1) is 0 Å². The second-order valence-electron chi connectivity index (χ2n) is 6.60. The summed E-state index contributed by atoms with van der Waals surface area (Å²) in [5.41, 5.74) is -0.357. The monoisotopic (exact) mass is 270 g/mol. The molecule has 3 N–H and O–H groups in total. The van der Waals surface area contributed by atoms with Crippen molar-refractivity contribution in [2.75, 3.05) is 0 Å². The Balaban J connectivity index is 2.58. The van der Waals surface area contributed by atoms with E-state index in [0.29, 0.717) is 0 Å². The highest BCUT2D eigenvalue weighted by atomic mass is 16.4. The van der Waals surface area contributed by atoms with Gasteiger partial charge in [0.05, 0.1) is 6.42 Å². The third-order valence-corrected chi connectivity index (χ3v) is 4.10. The number of nitrogens with one attached hydrogen (secondary N) is 2. The number of hydrogen-bond acceptors (Lipinski definition) is 2. The molecule has 0 bridgehead atoms. The van der Waals surface area contributed by atoms with Crippen molar-refractivity contribution in [1.82, 2.24) is 10.6 Å². The molecule has 0 aliphatic heterocycles. The molecule has 1 fully saturated rings. The van der Waals surface area contributed by atoms with E-state index in [1.165, 1.54) is 0 Å². The summed E-state index contributed by atoms with van der Waals surface area (Å²) in [7, 11) is 0. The molecule has 1 saturated carbocycles. The number of carbonyl (C=O) groups excluding carboxylic acids is 1. The standard InChI is InChI=1S/C14H26N2O3/c1-5-14(7-6-8-14)16-12(19)15-10(9-11(17)18)13(2,3)4/h10H,5-9H2,1-4H3,(H,17,18)(H2,15,16,19). The van der Waals surface area contributed by atoms with Gasteiger partial charge in [-0.1, -0.05) is 27.7 Å². The van der Waals surface area contributed by atoms with Crippen molar-refractivity contribution in [2.24, 2.45) is 5.41 Å². The summed E-state index contributed by atoms with van der Waals surface area (Å²) in [6.07, 6.45) is 4.02. The SMILES string of the molecule is CCC1(NC(=O)NC(CC(=O)O)C(C)(C)C)CCC1. The van der Waals surface area contributed by atoms with Gasteiger partial charge in [-0.3, -0.25) is 4.79 Å². The van der Waals surface area contributed by atoms with Crippen molar-refractivity contribution in [3.8, 4) is 0 Å². The lowest BCUT2D eigenvalue weighted by Crippen LogP contribution is -2.58. The van der Waals surface area contributed by atoms with Gasteiger partial charge < -0.3 is 15.7 Å². The summed E-state index contributed by atoms with van der Waals surface area (Å²) < 4.78 is 0. The largest absolute Gasteiger partial charge is 0.481 e. The molecule has 5 nitrogen and oxygen atoms in total. The first kappa shape index (κ1) is 15.8. The van der Waals surface area contributed by atoms with Crippen LogP contribution in [0.25, 0.3) is 0 Å². The predicted octanol–water partition coefficient (Wildman–Crippen LogP) is 2.51. The molecule has 5 heteroatoms. The van der Waals surface area contributed by atoms with Gasteiger partial charge in [0.2, 0.25) is 0 Å². The van der Waals surface area contributed by atoms with Crippen LogP contribution in [0.2, 0.25) is 0 Å². The highest BCUT2D eigenvalue weighted by Crippen LogP contribution is 2.34. The van der Waals surface area contributed by atoms with Crippen LogP contribution in [0.15, 0.2) is 0 Å². The van der Waals surface area contributed by atoms with E-state index in [0.717, 1.165) is 25.7 Å². The number of carboxylic acids is 1. The Morgan fingerprint density at radius 2 is 1.89 bits per heavy atom. The molecular formula is C14H26N2O3. The molecule has 19 heavy (non-hydrogen) atoms. The molecule has 0 aromatic heterocycles. The first-order valence-electron chi connectivity index (χ1n) is 6.99. The van der Waals surface area contributed by atoms with Crippen LogP contribution in [-0.4, -0.2) is 28.7 Å². The average molecular weight is 270 g/mol. The fraction of sp³-hybridized carbons (Fsp3) is 0.857. The Bertz CT molecular complexity index is 338. The average Bonchev–Trinajstić information content (AvgIpc) is 2.20. The molecule has 1 unspecified atom stereocenters. The van der Waals surface area contributed by atoms with Gasteiger partial charge >= 0.3 is 12.0 Å². The molecule has 1 aliphatic rings. The zero-order valence-corrected chi connectivity index (χ0v) is 12.4. The molecule has 0 saturated heterocycles. The van der Waals surface area contributed by atoms with Crippen molar-refractivity contribution in [1.29, 1.82) is 0 Å². The third kappa shape index (κ3) is 4.40. The van der Waals surface area contributed by atoms with Gasteiger partial charge in [-0.25, -0.2) is 4.79 Å². The fourth-order valence-electron chi connectivity index (χ4n) is 2.35. The second-order valence-corrected chi connectivity index (χ2v) is 6.60. The van der Waals surface area contributed by atoms with E-state index in [-0.39, 0.29) is 29.4 Å². The van der Waals surface area contributed by atoms with E-state index in [1.807, 2.05) is 20.8 Å². The summed E-state index contributed by atoms with van der Waals surface area (Å²) in [4.78, 5) is 22.9. The maximum Gasteiger partial charge on any atom is 0.315 e. The molecular weight excluding hydrogens is 244 g/mol. The van der Waals surface area contributed by atoms with E-state index in [1.54, 1.807) is 0 Å². The molecule has 1 rings (SSSR count). The first-order chi connectivity index (χ1) is 8.68. The van der Waals surface area contributed by atoms with Crippen molar-refractivity contribution < 1.29 is 14.7 Å². The summed E-state index contributed by atoms with van der Waals surface area (Å²) >= 11 is 0. The molecule has 0 radical (unpaired) electrons. The highest BCUT2D eigenvalue weighted by Gasteiger charge is 2.37. The number of aliphatic carboxylic acids is 1. The van der Waals surface area contributed by atoms with Crippen LogP contribution >= 0.6 is 0 Å². The Hall–Kier alpha value is -1.26. The predicted molar refractivity (Wildman–Crippen MR) is 74.0 cm³/mol. The maximum atomic E-state index is 12.0. The lowest BCUT2D eigenvalue weighted by atomic mass is 9.75. The fourth-order valence-corrected chi connectivity index (χ4v) is 2.35. The quantitative estimate of drug-likeness (QED) is 0.718. The normalized spacial score (nSPS) is 19.2. The van der Waals surface area contributed by atoms with Gasteiger partial charge in [-0.05, 0) is 31.1 Å². The Morgan fingerprint density at radius 3 is 2.21 bits per heavy atom. The summed E-state index contributed by atoms with van der Waals surface area (Å²) in [6, 6.07) is -0.623. The lowest BCUT2D eigenvalue weighted by molar-refractivity contribution is -0.138. The van der Waals surface area contributed by atoms with Crippen LogP contribution in [0, 0.1) is 5.41 Å². The zero-order chi connectivity index (χ0) is 14.7. The summed E-state index contributed by atoms with van der Waals surface area (Å²) in [5, 5.41) is 14.8. The van der Waals surface area contributed by atoms with Gasteiger partial charge in [0.15, 0.2) is 0 Å². The Morgan fingerprint density at radius 1 is 1.32 bits per heavy atom. The van der Waals surface area contributed by atoms with Crippen molar-refractivity contribution in [2.45, 2.75) is 71.4 Å². The topological polar surface area (TPSA) is 78.4 Å². The summed E-state index contributed by atoms with van der Waals surface area (Å²) in [6.45, 7) is 7.86. The maximum absolute atomic E-state index is 12.0. The van der Waals surface area contributed by atoms with Crippen LogP contribution in [0.1, 0.15) is 59.8 Å². The van der Waals surface area contributed by atoms with E-state index in [2.05, 4.69) is 17.6 Å². The van der Waals surface area contributed by atoms with E-state index >= 15 is 0 Å². The molecule has 0 heterocycles. The minimum Gasteiger partial charge on any atom is -0.481 e. The Kier molecular flexibility index (Phi) is 4.82. The van der Waals surface area contributed by atoms with Crippen LogP contribution in [-0.2, 0) is 4.79 Å². The number of carboxylic acid groups (broad SMARTS) is 1. The number of rotatable bonds is 5. The van der Waals surface area contributed by atoms with Crippen LogP contribution in [0.3, 0.4) is 0 Å². The van der Waals surface area contributed by atoms with Crippen molar-refractivity contribution >= 4 is 12.0 Å². The smallest absolute Gasteiger partial charge is 0.315 e. The molecule has 0 aromatic carbocycles. The van der Waals surface area contributed by atoms with E-state index in [9.17, 15) is 9.59 Å². The molecule has 1 aliphatic carbocycles. The van der Waals surface area contributed by atoms with Gasteiger partial charge in [0.25, 0.3) is 0 Å². The van der Waals surface area contributed by atoms with Gasteiger partial charge in [0, 0.05) is 11.6 Å². The number of hydrogen-bond donors (Lipinski definition) is 3. The number of amides is 2. The second kappa shape index (κ2) is 5.80. The van der Waals surface area contributed by atoms with Gasteiger partial charge in [-0.2, -0.15) is 0 Å². The highest BCUT2D eigenvalue weighted by molar-refractivity contribution is 5.76. The van der Waals surface area contributed by atoms with E-state index in [4.69, 9.17) is 5.11 Å². The van der Waals surface area contributed by atoms with Crippen LogP contribution in [0.4, 0.5) is 4.79 Å². The summed E-state index contributed by atoms with van der Waals surface area (Å²) in [5.74, 6) is -0.894. The number of urea groups is 1. The van der Waals surface area contributed by atoms with Crippen LogP contribution < -0.4 is 10.6 Å². The number of carbonyl (C=O) groups is 2. The zero-order valence-electron chi connectivity index (χ0n) is 12.4.